The van der Waals surface area contributed by atoms with E-state index in [9.17, 15) is 14.0 Å². The highest BCUT2D eigenvalue weighted by Crippen LogP contribution is 2.27. The first-order valence-electron chi connectivity index (χ1n) is 8.88. The van der Waals surface area contributed by atoms with Crippen LogP contribution in [0, 0.1) is 5.82 Å². The van der Waals surface area contributed by atoms with Crippen LogP contribution in [-0.4, -0.2) is 42.1 Å². The van der Waals surface area contributed by atoms with Crippen LogP contribution in [0.25, 0.3) is 11.1 Å². The van der Waals surface area contributed by atoms with Crippen molar-refractivity contribution in [2.75, 3.05) is 24.5 Å². The van der Waals surface area contributed by atoms with Crippen molar-refractivity contribution in [3.63, 3.8) is 0 Å². The summed E-state index contributed by atoms with van der Waals surface area (Å²) in [4.78, 5) is 27.8. The van der Waals surface area contributed by atoms with Gasteiger partial charge in [-0.25, -0.2) is 9.18 Å². The van der Waals surface area contributed by atoms with Gasteiger partial charge in [-0.3, -0.25) is 9.69 Å². The van der Waals surface area contributed by atoms with Gasteiger partial charge >= 0.3 is 6.09 Å². The lowest BCUT2D eigenvalue weighted by molar-refractivity contribution is -0.121. The van der Waals surface area contributed by atoms with Gasteiger partial charge in [0.2, 0.25) is 5.91 Å². The monoisotopic (exact) mass is 370 g/mol. The van der Waals surface area contributed by atoms with Crippen LogP contribution in [0.1, 0.15) is 20.8 Å². The summed E-state index contributed by atoms with van der Waals surface area (Å²) in [6, 6.07) is 13.7. The predicted molar refractivity (Wildman–Crippen MR) is 102 cm³/mol. The Kier molecular flexibility index (Phi) is 5.17. The molecule has 3 rings (SSSR count). The third kappa shape index (κ3) is 4.45. The summed E-state index contributed by atoms with van der Waals surface area (Å²) >= 11 is 0. The minimum atomic E-state index is -0.606. The summed E-state index contributed by atoms with van der Waals surface area (Å²) in [7, 11) is 0. The van der Waals surface area contributed by atoms with Gasteiger partial charge < -0.3 is 9.64 Å². The van der Waals surface area contributed by atoms with E-state index in [1.165, 1.54) is 11.0 Å². The van der Waals surface area contributed by atoms with Crippen LogP contribution < -0.4 is 4.90 Å². The molecule has 142 valence electrons. The lowest BCUT2D eigenvalue weighted by Crippen LogP contribution is -2.53. The maximum atomic E-state index is 14.1. The van der Waals surface area contributed by atoms with Crippen LogP contribution in [0.15, 0.2) is 48.5 Å². The topological polar surface area (TPSA) is 49.9 Å². The molecule has 0 bridgehead atoms. The maximum absolute atomic E-state index is 14.1. The molecular weight excluding hydrogens is 347 g/mol. The Labute approximate surface area is 158 Å². The average molecular weight is 370 g/mol. The largest absolute Gasteiger partial charge is 0.444 e. The van der Waals surface area contributed by atoms with Crippen molar-refractivity contribution in [1.29, 1.82) is 0 Å². The van der Waals surface area contributed by atoms with E-state index in [1.807, 2.05) is 12.1 Å². The summed E-state index contributed by atoms with van der Waals surface area (Å²) in [5.41, 5.74) is 1.27. The van der Waals surface area contributed by atoms with Crippen LogP contribution in [0.5, 0.6) is 0 Å². The van der Waals surface area contributed by atoms with Crippen LogP contribution in [-0.2, 0) is 9.53 Å². The van der Waals surface area contributed by atoms with Gasteiger partial charge in [0.15, 0.2) is 0 Å². The molecule has 0 N–H and O–H groups in total. The molecule has 0 spiro atoms. The van der Waals surface area contributed by atoms with Gasteiger partial charge in [-0.05, 0) is 44.5 Å². The number of hydrogen-bond acceptors (Lipinski definition) is 3. The second kappa shape index (κ2) is 7.39. The average Bonchev–Trinajstić information content (AvgIpc) is 2.60. The number of nitrogens with zero attached hydrogens (tertiary/aromatic N) is 2. The van der Waals surface area contributed by atoms with Crippen molar-refractivity contribution in [2.24, 2.45) is 0 Å². The first-order chi connectivity index (χ1) is 12.7. The molecule has 5 nitrogen and oxygen atoms in total. The first-order valence-corrected chi connectivity index (χ1v) is 8.88. The Morgan fingerprint density at radius 2 is 1.81 bits per heavy atom. The molecule has 1 aliphatic heterocycles. The maximum Gasteiger partial charge on any atom is 0.410 e. The fourth-order valence-corrected chi connectivity index (χ4v) is 2.97. The Morgan fingerprint density at radius 3 is 2.48 bits per heavy atom. The van der Waals surface area contributed by atoms with Crippen molar-refractivity contribution in [1.82, 2.24) is 4.90 Å². The number of carbonyl (C=O) groups excluding carboxylic acids is 2. The van der Waals surface area contributed by atoms with Gasteiger partial charge in [-0.2, -0.15) is 0 Å². The Hall–Kier alpha value is -2.89. The molecule has 1 aliphatic rings. The highest BCUT2D eigenvalue weighted by Gasteiger charge is 2.31. The molecule has 2 aromatic rings. The molecule has 1 saturated heterocycles. The summed E-state index contributed by atoms with van der Waals surface area (Å²) in [6.45, 7) is 6.06. The van der Waals surface area contributed by atoms with Crippen LogP contribution in [0.3, 0.4) is 0 Å². The quantitative estimate of drug-likeness (QED) is 0.800. The number of hydrogen-bond donors (Lipinski definition) is 0. The zero-order valence-electron chi connectivity index (χ0n) is 15.7. The fraction of sp³-hybridized carbons (Fsp3) is 0.333. The van der Waals surface area contributed by atoms with Crippen molar-refractivity contribution in [3.05, 3.63) is 54.3 Å². The Bertz CT molecular complexity index is 861. The van der Waals surface area contributed by atoms with Crippen molar-refractivity contribution in [3.8, 4) is 11.1 Å². The number of amides is 2. The summed E-state index contributed by atoms with van der Waals surface area (Å²) < 4.78 is 19.4. The number of carbonyl (C=O) groups is 2. The van der Waals surface area contributed by atoms with E-state index in [1.54, 1.807) is 56.0 Å². The number of halogens is 1. The molecule has 1 heterocycles. The van der Waals surface area contributed by atoms with Gasteiger partial charge in [0, 0.05) is 24.3 Å². The van der Waals surface area contributed by atoms with E-state index in [0.29, 0.717) is 29.9 Å². The normalized spacial score (nSPS) is 15.0. The van der Waals surface area contributed by atoms with E-state index in [2.05, 4.69) is 0 Å². The van der Waals surface area contributed by atoms with E-state index < -0.39 is 11.7 Å². The van der Waals surface area contributed by atoms with Crippen molar-refractivity contribution in [2.45, 2.75) is 26.4 Å². The number of piperazine rings is 1. The van der Waals surface area contributed by atoms with Crippen LogP contribution in [0.4, 0.5) is 14.9 Å². The molecule has 0 unspecified atom stereocenters. The molecule has 0 radical (unpaired) electrons. The van der Waals surface area contributed by atoms with Crippen LogP contribution in [0.2, 0.25) is 0 Å². The molecule has 0 saturated carbocycles. The summed E-state index contributed by atoms with van der Waals surface area (Å²) in [5.74, 6) is -0.506. The number of ether oxygens (including phenoxy) is 1. The van der Waals surface area contributed by atoms with Gasteiger partial charge in [-0.1, -0.05) is 30.3 Å². The fourth-order valence-electron chi connectivity index (χ4n) is 2.97. The zero-order chi connectivity index (χ0) is 19.6. The second-order valence-electron chi connectivity index (χ2n) is 7.48. The standard InChI is InChI=1S/C21H23FN2O3/c1-21(2,3)27-20(26)23-11-12-24(19(25)14-23)16-8-6-7-15(13-16)17-9-4-5-10-18(17)22/h4-10,13H,11-12,14H2,1-3H3. The lowest BCUT2D eigenvalue weighted by atomic mass is 10.0. The zero-order valence-corrected chi connectivity index (χ0v) is 15.7. The molecule has 0 atom stereocenters. The molecule has 0 aliphatic carbocycles. The second-order valence-corrected chi connectivity index (χ2v) is 7.48. The summed E-state index contributed by atoms with van der Waals surface area (Å²) in [6.07, 6.45) is -0.490. The smallest absolute Gasteiger partial charge is 0.410 e. The Morgan fingerprint density at radius 1 is 1.07 bits per heavy atom. The van der Waals surface area contributed by atoms with Gasteiger partial charge in [0.25, 0.3) is 0 Å². The molecule has 0 aromatic heterocycles. The highest BCUT2D eigenvalue weighted by molar-refractivity contribution is 5.97. The van der Waals surface area contributed by atoms with E-state index >= 15 is 0 Å². The van der Waals surface area contributed by atoms with Gasteiger partial charge in [0.1, 0.15) is 18.0 Å². The SMILES string of the molecule is CC(C)(C)OC(=O)N1CCN(c2cccc(-c3ccccc3F)c2)C(=O)C1. The molecule has 6 heteroatoms. The summed E-state index contributed by atoms with van der Waals surface area (Å²) in [5, 5.41) is 0. The lowest BCUT2D eigenvalue weighted by Gasteiger charge is -2.35. The van der Waals surface area contributed by atoms with Crippen molar-refractivity contribution >= 4 is 17.7 Å². The van der Waals surface area contributed by atoms with Crippen molar-refractivity contribution < 1.29 is 18.7 Å². The molecule has 2 aromatic carbocycles. The number of benzene rings is 2. The van der Waals surface area contributed by atoms with E-state index in [-0.39, 0.29) is 18.3 Å². The third-order valence-electron chi connectivity index (χ3n) is 4.22. The van der Waals surface area contributed by atoms with Gasteiger partial charge in [-0.15, -0.1) is 0 Å². The molecule has 27 heavy (non-hydrogen) atoms. The number of rotatable bonds is 2. The molecule has 1 fully saturated rings. The van der Waals surface area contributed by atoms with E-state index in [0.717, 1.165) is 0 Å². The highest BCUT2D eigenvalue weighted by atomic mass is 19.1. The number of anilines is 1. The molecular formula is C21H23FN2O3. The predicted octanol–water partition coefficient (Wildman–Crippen LogP) is 4.08. The third-order valence-corrected chi connectivity index (χ3v) is 4.22. The Balaban J connectivity index is 1.75. The van der Waals surface area contributed by atoms with Gasteiger partial charge in [0.05, 0.1) is 0 Å². The minimum Gasteiger partial charge on any atom is -0.444 e. The molecule has 2 amide bonds. The van der Waals surface area contributed by atoms with E-state index in [4.69, 9.17) is 4.74 Å². The van der Waals surface area contributed by atoms with Crippen LogP contribution >= 0.6 is 0 Å². The minimum absolute atomic E-state index is 0.0428. The first kappa shape index (κ1) is 18.9.